The number of carbonyl (C=O) groups is 2. The van der Waals surface area contributed by atoms with E-state index in [1.165, 1.54) is 25.4 Å². The van der Waals surface area contributed by atoms with Crippen molar-refractivity contribution >= 4 is 29.7 Å². The van der Waals surface area contributed by atoms with E-state index < -0.39 is 17.8 Å². The summed E-state index contributed by atoms with van der Waals surface area (Å²) in [4.78, 5) is 32.6. The number of nitrogens with one attached hydrogen (secondary N) is 3. The molecule has 226 valence electrons. The smallest absolute Gasteiger partial charge is 0.416 e. The van der Waals surface area contributed by atoms with Crippen LogP contribution in [0.2, 0.25) is 0 Å². The Labute approximate surface area is 242 Å². The molecule has 42 heavy (non-hydrogen) atoms. The van der Waals surface area contributed by atoms with Crippen molar-refractivity contribution in [3.63, 3.8) is 0 Å². The van der Waals surface area contributed by atoms with Gasteiger partial charge in [-0.05, 0) is 76.6 Å². The van der Waals surface area contributed by atoms with Crippen LogP contribution in [0.4, 0.5) is 35.2 Å². The molecule has 10 nitrogen and oxygen atoms in total. The molecule has 4 rings (SSSR count). The summed E-state index contributed by atoms with van der Waals surface area (Å²) in [6.07, 6.45) is -3.04. The summed E-state index contributed by atoms with van der Waals surface area (Å²) in [5.41, 5.74) is -0.551. The van der Waals surface area contributed by atoms with Gasteiger partial charge in [0.15, 0.2) is 0 Å². The highest BCUT2D eigenvalue weighted by Gasteiger charge is 2.32. The van der Waals surface area contributed by atoms with Gasteiger partial charge in [0.25, 0.3) is 6.47 Å². The molecule has 1 atom stereocenters. The number of alkyl halides is 3. The van der Waals surface area contributed by atoms with Crippen LogP contribution >= 0.6 is 0 Å². The van der Waals surface area contributed by atoms with Crippen LogP contribution in [0, 0.1) is 6.92 Å². The SMILES string of the molecule is CC(C)(C)OC=O.Cc1ccc(NC(=O)Nc2ccc(Oc3cc(N4CCNC[C@H]4C)ncn3)cc2)cc1C(F)(F)F. The van der Waals surface area contributed by atoms with Crippen LogP contribution in [0.1, 0.15) is 38.8 Å². The number of halogens is 3. The number of aromatic nitrogens is 2. The molecule has 2 aromatic carbocycles. The number of rotatable bonds is 6. The number of amides is 2. The largest absolute Gasteiger partial charge is 0.462 e. The lowest BCUT2D eigenvalue weighted by molar-refractivity contribution is -0.139. The number of piperazine rings is 1. The maximum atomic E-state index is 13.1. The summed E-state index contributed by atoms with van der Waals surface area (Å²) in [5.74, 6) is 1.67. The zero-order chi connectivity index (χ0) is 30.9. The molecule has 0 spiro atoms. The Bertz CT molecular complexity index is 1350. The molecule has 13 heteroatoms. The van der Waals surface area contributed by atoms with E-state index in [9.17, 15) is 22.8 Å². The molecule has 0 radical (unpaired) electrons. The number of urea groups is 1. The molecular formula is C29H35F3N6O4. The molecule has 1 saturated heterocycles. The average Bonchev–Trinajstić information content (AvgIpc) is 2.90. The van der Waals surface area contributed by atoms with E-state index >= 15 is 0 Å². The average molecular weight is 589 g/mol. The maximum Gasteiger partial charge on any atom is 0.416 e. The Balaban J connectivity index is 0.000000616. The minimum atomic E-state index is -4.50. The summed E-state index contributed by atoms with van der Waals surface area (Å²) < 4.78 is 49.6. The van der Waals surface area contributed by atoms with E-state index in [4.69, 9.17) is 4.74 Å². The van der Waals surface area contributed by atoms with E-state index in [2.05, 4.69) is 42.5 Å². The highest BCUT2D eigenvalue weighted by molar-refractivity contribution is 5.99. The van der Waals surface area contributed by atoms with E-state index in [0.717, 1.165) is 31.5 Å². The molecule has 0 saturated carbocycles. The van der Waals surface area contributed by atoms with Gasteiger partial charge in [-0.15, -0.1) is 0 Å². The Morgan fingerprint density at radius 3 is 2.31 bits per heavy atom. The van der Waals surface area contributed by atoms with Crippen LogP contribution in [0.5, 0.6) is 11.6 Å². The third-order valence-electron chi connectivity index (χ3n) is 5.96. The first-order valence-corrected chi connectivity index (χ1v) is 13.2. The molecule has 2 amide bonds. The van der Waals surface area contributed by atoms with E-state index in [-0.39, 0.29) is 16.9 Å². The van der Waals surface area contributed by atoms with Gasteiger partial charge in [-0.25, -0.2) is 14.8 Å². The van der Waals surface area contributed by atoms with Crippen LogP contribution in [-0.4, -0.2) is 53.7 Å². The first kappa shape index (κ1) is 32.1. The topological polar surface area (TPSA) is 118 Å². The normalized spacial score (nSPS) is 15.1. The second-order valence-corrected chi connectivity index (χ2v) is 10.5. The lowest BCUT2D eigenvalue weighted by atomic mass is 10.1. The van der Waals surface area contributed by atoms with Crippen molar-refractivity contribution in [2.24, 2.45) is 0 Å². The van der Waals surface area contributed by atoms with Crippen LogP contribution in [0.3, 0.4) is 0 Å². The zero-order valence-corrected chi connectivity index (χ0v) is 24.1. The van der Waals surface area contributed by atoms with Gasteiger partial charge in [0.1, 0.15) is 23.5 Å². The maximum absolute atomic E-state index is 13.1. The summed E-state index contributed by atoms with van der Waals surface area (Å²) in [6.45, 7) is 12.0. The van der Waals surface area contributed by atoms with Gasteiger partial charge < -0.3 is 30.3 Å². The van der Waals surface area contributed by atoms with Crippen molar-refractivity contribution in [3.8, 4) is 11.6 Å². The number of carbonyl (C=O) groups excluding carboxylic acids is 2. The lowest BCUT2D eigenvalue weighted by Crippen LogP contribution is -2.50. The summed E-state index contributed by atoms with van der Waals surface area (Å²) in [5, 5.41) is 8.34. The Morgan fingerprint density at radius 2 is 1.71 bits per heavy atom. The lowest BCUT2D eigenvalue weighted by Gasteiger charge is -2.34. The molecule has 3 aromatic rings. The summed E-state index contributed by atoms with van der Waals surface area (Å²) in [7, 11) is 0. The number of hydrogen-bond acceptors (Lipinski definition) is 8. The molecule has 1 aromatic heterocycles. The fourth-order valence-electron chi connectivity index (χ4n) is 3.89. The standard InChI is InChI=1S/C24H25F3N6O2.C5H10O2/c1-15-3-4-18(11-20(15)24(25,26)27)32-23(34)31-17-5-7-19(8-6-17)35-22-12-21(29-14-30-22)33-10-9-28-13-16(33)2;1-5(2,3)7-4-6/h3-8,11-12,14,16,28H,9-10,13H2,1-2H3,(H2,31,32,34);4H,1-3H3/t16-;/m1./s1. The van der Waals surface area contributed by atoms with Crippen molar-refractivity contribution in [2.45, 2.75) is 52.4 Å². The molecule has 2 heterocycles. The molecule has 3 N–H and O–H groups in total. The van der Waals surface area contributed by atoms with E-state index in [0.29, 0.717) is 29.8 Å². The number of ether oxygens (including phenoxy) is 2. The van der Waals surface area contributed by atoms with Crippen molar-refractivity contribution in [2.75, 3.05) is 35.2 Å². The Hall–Kier alpha value is -4.39. The second kappa shape index (κ2) is 14.0. The third-order valence-corrected chi connectivity index (χ3v) is 5.96. The molecule has 0 aliphatic carbocycles. The molecule has 0 unspecified atom stereocenters. The predicted molar refractivity (Wildman–Crippen MR) is 154 cm³/mol. The monoisotopic (exact) mass is 588 g/mol. The van der Waals surface area contributed by atoms with Crippen LogP contribution in [0.15, 0.2) is 54.9 Å². The summed E-state index contributed by atoms with van der Waals surface area (Å²) >= 11 is 0. The molecule has 1 fully saturated rings. The zero-order valence-electron chi connectivity index (χ0n) is 24.1. The van der Waals surface area contributed by atoms with Crippen molar-refractivity contribution in [1.82, 2.24) is 15.3 Å². The minimum Gasteiger partial charge on any atom is -0.462 e. The van der Waals surface area contributed by atoms with Crippen LogP contribution in [0.25, 0.3) is 0 Å². The highest BCUT2D eigenvalue weighted by Crippen LogP contribution is 2.33. The quantitative estimate of drug-likeness (QED) is 0.301. The number of hydrogen-bond donors (Lipinski definition) is 3. The Morgan fingerprint density at radius 1 is 1.05 bits per heavy atom. The van der Waals surface area contributed by atoms with Gasteiger partial charge in [0, 0.05) is 43.1 Å². The molecule has 0 bridgehead atoms. The second-order valence-electron chi connectivity index (χ2n) is 10.5. The van der Waals surface area contributed by atoms with Crippen molar-refractivity contribution in [3.05, 3.63) is 66.0 Å². The van der Waals surface area contributed by atoms with Crippen LogP contribution < -0.4 is 25.6 Å². The number of benzene rings is 2. The van der Waals surface area contributed by atoms with Gasteiger partial charge in [-0.2, -0.15) is 13.2 Å². The number of anilines is 3. The van der Waals surface area contributed by atoms with Crippen LogP contribution in [-0.2, 0) is 15.7 Å². The highest BCUT2D eigenvalue weighted by atomic mass is 19.4. The fourth-order valence-corrected chi connectivity index (χ4v) is 3.89. The van der Waals surface area contributed by atoms with Crippen molar-refractivity contribution < 1.29 is 32.2 Å². The molecular weight excluding hydrogens is 553 g/mol. The minimum absolute atomic E-state index is 0.0405. The fraction of sp³-hybridized carbons (Fsp3) is 0.379. The third kappa shape index (κ3) is 9.91. The number of nitrogens with zero attached hydrogens (tertiary/aromatic N) is 3. The Kier molecular flexibility index (Phi) is 10.7. The van der Waals surface area contributed by atoms with Gasteiger partial charge >= 0.3 is 12.2 Å². The predicted octanol–water partition coefficient (Wildman–Crippen LogP) is 6.00. The summed E-state index contributed by atoms with van der Waals surface area (Å²) in [6, 6.07) is 11.6. The van der Waals surface area contributed by atoms with Gasteiger partial charge in [0.2, 0.25) is 5.88 Å². The first-order chi connectivity index (χ1) is 19.7. The molecule has 1 aliphatic heterocycles. The molecule has 1 aliphatic rings. The van der Waals surface area contributed by atoms with Crippen molar-refractivity contribution in [1.29, 1.82) is 0 Å². The van der Waals surface area contributed by atoms with Gasteiger partial charge in [-0.3, -0.25) is 4.79 Å². The van der Waals surface area contributed by atoms with E-state index in [1.54, 1.807) is 30.3 Å². The first-order valence-electron chi connectivity index (χ1n) is 13.2. The van der Waals surface area contributed by atoms with E-state index in [1.807, 2.05) is 20.8 Å². The number of aryl methyl sites for hydroxylation is 1. The van der Waals surface area contributed by atoms with Gasteiger partial charge in [0.05, 0.1) is 5.56 Å². The van der Waals surface area contributed by atoms with Gasteiger partial charge in [-0.1, -0.05) is 6.07 Å².